The molecule has 2 heterocycles. The monoisotopic (exact) mass is 322 g/mol. The van der Waals surface area contributed by atoms with Crippen molar-refractivity contribution in [2.45, 2.75) is 12.1 Å². The Kier molecular flexibility index (Phi) is 5.90. The lowest BCUT2D eigenvalue weighted by molar-refractivity contribution is -0.143. The van der Waals surface area contributed by atoms with Crippen molar-refractivity contribution in [2.75, 3.05) is 18.9 Å². The minimum Gasteiger partial charge on any atom is -0.465 e. The first-order valence-corrected chi connectivity index (χ1v) is 7.46. The van der Waals surface area contributed by atoms with Crippen LogP contribution in [0.4, 0.5) is 0 Å². The second-order valence-electron chi connectivity index (χ2n) is 3.99. The van der Waals surface area contributed by atoms with Crippen molar-refractivity contribution in [1.82, 2.24) is 20.5 Å². The lowest BCUT2D eigenvalue weighted by atomic mass is 10.3. The van der Waals surface area contributed by atoms with E-state index in [0.717, 1.165) is 11.8 Å². The molecular formula is C13H14N4O4S. The molecule has 2 aromatic rings. The Morgan fingerprint density at radius 1 is 1.41 bits per heavy atom. The molecule has 0 bridgehead atoms. The Bertz CT molecular complexity index is 632. The van der Waals surface area contributed by atoms with Gasteiger partial charge in [-0.25, -0.2) is 0 Å². The summed E-state index contributed by atoms with van der Waals surface area (Å²) in [6.45, 7) is 1.82. The molecule has 1 N–H and O–H groups in total. The number of carbonyl (C=O) groups is 2. The minimum absolute atomic E-state index is 0.0636. The molecule has 1 amide bonds. The highest BCUT2D eigenvalue weighted by Crippen LogP contribution is 2.21. The number of rotatable bonds is 7. The summed E-state index contributed by atoms with van der Waals surface area (Å²) < 4.78 is 10.1. The van der Waals surface area contributed by atoms with Gasteiger partial charge in [0.15, 0.2) is 0 Å². The van der Waals surface area contributed by atoms with E-state index in [4.69, 9.17) is 9.15 Å². The quantitative estimate of drug-likeness (QED) is 0.592. The van der Waals surface area contributed by atoms with E-state index >= 15 is 0 Å². The van der Waals surface area contributed by atoms with Crippen LogP contribution >= 0.6 is 11.8 Å². The van der Waals surface area contributed by atoms with E-state index in [2.05, 4.69) is 20.5 Å². The third-order valence-corrected chi connectivity index (χ3v) is 3.20. The molecule has 0 spiro atoms. The fourth-order valence-corrected chi connectivity index (χ4v) is 2.03. The van der Waals surface area contributed by atoms with Gasteiger partial charge in [0.25, 0.3) is 5.22 Å². The number of hydrogen-bond acceptors (Lipinski definition) is 8. The number of ether oxygens (including phenoxy) is 1. The van der Waals surface area contributed by atoms with Gasteiger partial charge in [-0.3, -0.25) is 14.6 Å². The van der Waals surface area contributed by atoms with Crippen LogP contribution in [0.5, 0.6) is 0 Å². The number of nitrogens with zero attached hydrogens (tertiary/aromatic N) is 3. The Hall–Kier alpha value is -2.42. The minimum atomic E-state index is -0.475. The van der Waals surface area contributed by atoms with Gasteiger partial charge in [-0.1, -0.05) is 11.8 Å². The van der Waals surface area contributed by atoms with Crippen molar-refractivity contribution in [3.8, 4) is 11.5 Å². The van der Waals surface area contributed by atoms with Gasteiger partial charge in [0.2, 0.25) is 11.8 Å². The van der Waals surface area contributed by atoms with Crippen LogP contribution in [0, 0.1) is 0 Å². The number of pyridine rings is 1. The maximum atomic E-state index is 11.6. The molecule has 9 heteroatoms. The Labute approximate surface area is 130 Å². The van der Waals surface area contributed by atoms with Gasteiger partial charge in [-0.05, 0) is 19.1 Å². The SMILES string of the molecule is CCOC(=O)CNC(=O)CSc1nnc(-c2cccnc2)o1. The number of nitrogens with one attached hydrogen (secondary N) is 1. The van der Waals surface area contributed by atoms with Gasteiger partial charge in [-0.15, -0.1) is 10.2 Å². The Morgan fingerprint density at radius 2 is 2.27 bits per heavy atom. The van der Waals surface area contributed by atoms with Crippen LogP contribution in [0.3, 0.4) is 0 Å². The molecule has 0 atom stereocenters. The van der Waals surface area contributed by atoms with E-state index in [9.17, 15) is 9.59 Å². The molecule has 0 aliphatic carbocycles. The molecular weight excluding hydrogens is 308 g/mol. The second kappa shape index (κ2) is 8.13. The molecule has 22 heavy (non-hydrogen) atoms. The number of aromatic nitrogens is 3. The zero-order valence-corrected chi connectivity index (χ0v) is 12.6. The second-order valence-corrected chi connectivity index (χ2v) is 4.91. The first kappa shape index (κ1) is 16.0. The highest BCUT2D eigenvalue weighted by atomic mass is 32.2. The van der Waals surface area contributed by atoms with E-state index in [-0.39, 0.29) is 30.0 Å². The first-order chi connectivity index (χ1) is 10.7. The van der Waals surface area contributed by atoms with Gasteiger partial charge in [0, 0.05) is 12.4 Å². The van der Waals surface area contributed by atoms with Crippen molar-refractivity contribution < 1.29 is 18.7 Å². The van der Waals surface area contributed by atoms with Gasteiger partial charge in [-0.2, -0.15) is 0 Å². The predicted molar refractivity (Wildman–Crippen MR) is 77.9 cm³/mol. The average Bonchev–Trinajstić information content (AvgIpc) is 3.01. The van der Waals surface area contributed by atoms with Crippen molar-refractivity contribution >= 4 is 23.6 Å². The summed E-state index contributed by atoms with van der Waals surface area (Å²) in [5.74, 6) is -0.395. The van der Waals surface area contributed by atoms with Crippen LogP contribution in [0.1, 0.15) is 6.92 Å². The predicted octanol–water partition coefficient (Wildman–Crippen LogP) is 0.903. The van der Waals surface area contributed by atoms with Crippen molar-refractivity contribution in [3.63, 3.8) is 0 Å². The molecule has 0 fully saturated rings. The molecule has 2 aromatic heterocycles. The summed E-state index contributed by atoms with van der Waals surface area (Å²) in [4.78, 5) is 26.6. The van der Waals surface area contributed by atoms with Gasteiger partial charge >= 0.3 is 5.97 Å². The van der Waals surface area contributed by atoms with E-state index in [1.54, 1.807) is 31.5 Å². The maximum absolute atomic E-state index is 11.6. The molecule has 8 nitrogen and oxygen atoms in total. The summed E-state index contributed by atoms with van der Waals surface area (Å²) in [7, 11) is 0. The summed E-state index contributed by atoms with van der Waals surface area (Å²) in [5.41, 5.74) is 0.702. The largest absolute Gasteiger partial charge is 0.465 e. The standard InChI is InChI=1S/C13H14N4O4S/c1-2-20-11(19)7-15-10(18)8-22-13-17-16-12(21-13)9-4-3-5-14-6-9/h3-6H,2,7-8H2,1H3,(H,15,18). The zero-order chi connectivity index (χ0) is 15.8. The van der Waals surface area contributed by atoms with Gasteiger partial charge < -0.3 is 14.5 Å². The summed E-state index contributed by atoms with van der Waals surface area (Å²) in [5, 5.41) is 10.4. The van der Waals surface area contributed by atoms with Crippen molar-refractivity contribution in [2.24, 2.45) is 0 Å². The Morgan fingerprint density at radius 3 is 3.00 bits per heavy atom. The molecule has 0 unspecified atom stereocenters. The topological polar surface area (TPSA) is 107 Å². The van der Waals surface area contributed by atoms with Crippen LogP contribution in [0.25, 0.3) is 11.5 Å². The van der Waals surface area contributed by atoms with E-state index in [0.29, 0.717) is 11.5 Å². The number of thioether (sulfide) groups is 1. The maximum Gasteiger partial charge on any atom is 0.325 e. The molecule has 0 aliphatic rings. The number of amides is 1. The van der Waals surface area contributed by atoms with Crippen LogP contribution in [-0.4, -0.2) is 46.0 Å². The van der Waals surface area contributed by atoms with Gasteiger partial charge in [0.05, 0.1) is 17.9 Å². The van der Waals surface area contributed by atoms with E-state index in [1.807, 2.05) is 0 Å². The van der Waals surface area contributed by atoms with Crippen LogP contribution < -0.4 is 5.32 Å². The smallest absolute Gasteiger partial charge is 0.325 e. The van der Waals surface area contributed by atoms with Crippen LogP contribution in [0.15, 0.2) is 34.2 Å². The number of hydrogen-bond donors (Lipinski definition) is 1. The molecule has 0 saturated heterocycles. The normalized spacial score (nSPS) is 10.2. The molecule has 116 valence electrons. The van der Waals surface area contributed by atoms with E-state index in [1.165, 1.54) is 0 Å². The molecule has 0 aliphatic heterocycles. The van der Waals surface area contributed by atoms with Crippen LogP contribution in [0.2, 0.25) is 0 Å². The molecule has 0 aromatic carbocycles. The number of esters is 1. The zero-order valence-electron chi connectivity index (χ0n) is 11.8. The lowest BCUT2D eigenvalue weighted by Gasteiger charge is -2.03. The third-order valence-electron chi connectivity index (χ3n) is 2.38. The van der Waals surface area contributed by atoms with Crippen molar-refractivity contribution in [3.05, 3.63) is 24.5 Å². The molecule has 2 rings (SSSR count). The van der Waals surface area contributed by atoms with Crippen LogP contribution in [-0.2, 0) is 14.3 Å². The lowest BCUT2D eigenvalue weighted by Crippen LogP contribution is -2.31. The number of carbonyl (C=O) groups excluding carboxylic acids is 2. The van der Waals surface area contributed by atoms with Crippen molar-refractivity contribution in [1.29, 1.82) is 0 Å². The fraction of sp³-hybridized carbons (Fsp3) is 0.308. The average molecular weight is 322 g/mol. The summed E-state index contributed by atoms with van der Waals surface area (Å²) in [6, 6.07) is 3.55. The summed E-state index contributed by atoms with van der Waals surface area (Å²) in [6.07, 6.45) is 3.25. The summed E-state index contributed by atoms with van der Waals surface area (Å²) >= 11 is 1.08. The highest BCUT2D eigenvalue weighted by Gasteiger charge is 2.12. The highest BCUT2D eigenvalue weighted by molar-refractivity contribution is 7.99. The molecule has 0 saturated carbocycles. The third kappa shape index (κ3) is 4.85. The van der Waals surface area contributed by atoms with Gasteiger partial charge in [0.1, 0.15) is 6.54 Å². The Balaban J connectivity index is 1.79. The first-order valence-electron chi connectivity index (χ1n) is 6.48. The fourth-order valence-electron chi connectivity index (χ4n) is 1.44. The molecule has 0 radical (unpaired) electrons. The van der Waals surface area contributed by atoms with E-state index < -0.39 is 5.97 Å².